The van der Waals surface area contributed by atoms with Crippen molar-refractivity contribution in [3.63, 3.8) is 0 Å². The lowest BCUT2D eigenvalue weighted by Crippen LogP contribution is -2.60. The Balaban J connectivity index is 1.54. The van der Waals surface area contributed by atoms with Crippen LogP contribution >= 0.6 is 23.2 Å². The van der Waals surface area contributed by atoms with Gasteiger partial charge in [-0.15, -0.1) is 0 Å². The average molecular weight is 491 g/mol. The summed E-state index contributed by atoms with van der Waals surface area (Å²) in [6.07, 6.45) is 0. The van der Waals surface area contributed by atoms with E-state index in [1.54, 1.807) is 4.31 Å². The Morgan fingerprint density at radius 1 is 1.00 bits per heavy atom. The number of likely N-dealkylation sites (tertiary alicyclic amines) is 1. The van der Waals surface area contributed by atoms with Crippen LogP contribution in [0.1, 0.15) is 34.4 Å². The van der Waals surface area contributed by atoms with Gasteiger partial charge in [-0.05, 0) is 55.3 Å². The Morgan fingerprint density at radius 3 is 1.91 bits per heavy atom. The summed E-state index contributed by atoms with van der Waals surface area (Å²) >= 11 is 10.1. The fourth-order valence-corrected chi connectivity index (χ4v) is 4.97. The molecule has 0 spiro atoms. The predicted octanol–water partition coefficient (Wildman–Crippen LogP) is 4.81. The minimum atomic E-state index is -2.13. The van der Waals surface area contributed by atoms with Crippen molar-refractivity contribution in [1.82, 2.24) is 19.2 Å². The number of benzene rings is 2. The third-order valence-corrected chi connectivity index (χ3v) is 6.89. The van der Waals surface area contributed by atoms with Crippen molar-refractivity contribution < 1.29 is 8.76 Å². The molecule has 2 aromatic carbocycles. The summed E-state index contributed by atoms with van der Waals surface area (Å²) in [6.45, 7) is 5.27. The van der Waals surface area contributed by atoms with Gasteiger partial charge in [0, 0.05) is 34.5 Å². The van der Waals surface area contributed by atoms with Gasteiger partial charge in [-0.3, -0.25) is 9.45 Å². The average Bonchev–Trinajstić information content (AvgIpc) is 2.70. The van der Waals surface area contributed by atoms with Crippen molar-refractivity contribution in [2.24, 2.45) is 0 Å². The number of aromatic nitrogens is 2. The summed E-state index contributed by atoms with van der Waals surface area (Å²) in [5.41, 5.74) is 3.89. The third kappa shape index (κ3) is 5.36. The highest BCUT2D eigenvalue weighted by Crippen LogP contribution is 2.35. The Labute approximate surface area is 200 Å². The molecule has 2 heterocycles. The van der Waals surface area contributed by atoms with Crippen LogP contribution < -0.4 is 0 Å². The molecular weight excluding hydrogens is 467 g/mol. The Hall–Kier alpha value is -1.87. The summed E-state index contributed by atoms with van der Waals surface area (Å²) in [6, 6.07) is 17.4. The van der Waals surface area contributed by atoms with E-state index in [2.05, 4.69) is 14.9 Å². The van der Waals surface area contributed by atoms with E-state index < -0.39 is 11.3 Å². The molecule has 1 unspecified atom stereocenters. The van der Waals surface area contributed by atoms with Gasteiger partial charge in [0.15, 0.2) is 0 Å². The van der Waals surface area contributed by atoms with E-state index in [1.807, 2.05) is 68.4 Å². The molecule has 4 rings (SSSR count). The second-order valence-corrected chi connectivity index (χ2v) is 9.79. The lowest BCUT2D eigenvalue weighted by atomic mass is 9.93. The monoisotopic (exact) mass is 490 g/mol. The van der Waals surface area contributed by atoms with Gasteiger partial charge in [0.05, 0.1) is 18.6 Å². The minimum Gasteiger partial charge on any atom is -0.294 e. The molecule has 0 bridgehead atoms. The SMILES string of the molecule is Cc1cc(C)nc(CN(C2CN(C(c3ccc(Cl)cc3)c3ccc(Cl)cc3)C2)S(=O)O)n1. The van der Waals surface area contributed by atoms with E-state index in [9.17, 15) is 8.76 Å². The predicted molar refractivity (Wildman–Crippen MR) is 128 cm³/mol. The summed E-state index contributed by atoms with van der Waals surface area (Å²) in [5.74, 6) is 0.551. The van der Waals surface area contributed by atoms with Crippen LogP contribution in [-0.4, -0.2) is 47.1 Å². The van der Waals surface area contributed by atoms with Gasteiger partial charge in [0.25, 0.3) is 0 Å². The van der Waals surface area contributed by atoms with Gasteiger partial charge in [0.2, 0.25) is 11.3 Å². The Morgan fingerprint density at radius 2 is 1.47 bits per heavy atom. The molecule has 6 nitrogen and oxygen atoms in total. The molecule has 1 fully saturated rings. The smallest absolute Gasteiger partial charge is 0.235 e. The molecule has 1 atom stereocenters. The summed E-state index contributed by atoms with van der Waals surface area (Å²) in [7, 11) is 0. The highest BCUT2D eigenvalue weighted by atomic mass is 35.5. The number of halogens is 2. The topological polar surface area (TPSA) is 69.6 Å². The van der Waals surface area contributed by atoms with Crippen LogP contribution in [0.25, 0.3) is 0 Å². The highest BCUT2D eigenvalue weighted by molar-refractivity contribution is 7.76. The van der Waals surface area contributed by atoms with Crippen LogP contribution in [0.4, 0.5) is 0 Å². The molecule has 32 heavy (non-hydrogen) atoms. The minimum absolute atomic E-state index is 0.00720. The number of hydrogen-bond donors (Lipinski definition) is 1. The third-order valence-electron chi connectivity index (χ3n) is 5.56. The van der Waals surface area contributed by atoms with Crippen molar-refractivity contribution in [3.05, 3.63) is 93.0 Å². The van der Waals surface area contributed by atoms with E-state index in [0.717, 1.165) is 22.5 Å². The maximum absolute atomic E-state index is 12.1. The van der Waals surface area contributed by atoms with Crippen LogP contribution in [0.5, 0.6) is 0 Å². The lowest BCUT2D eigenvalue weighted by Gasteiger charge is -2.47. The molecule has 168 valence electrons. The van der Waals surface area contributed by atoms with Crippen molar-refractivity contribution in [2.45, 2.75) is 32.5 Å². The van der Waals surface area contributed by atoms with Crippen LogP contribution in [0, 0.1) is 13.8 Å². The molecule has 1 aliphatic heterocycles. The molecule has 9 heteroatoms. The zero-order chi connectivity index (χ0) is 22.8. The lowest BCUT2D eigenvalue weighted by molar-refractivity contribution is 0.0489. The number of nitrogens with zero attached hydrogens (tertiary/aromatic N) is 4. The van der Waals surface area contributed by atoms with Gasteiger partial charge in [-0.25, -0.2) is 14.2 Å². The van der Waals surface area contributed by atoms with Crippen molar-refractivity contribution in [1.29, 1.82) is 0 Å². The normalized spacial score (nSPS) is 15.8. The zero-order valence-electron chi connectivity index (χ0n) is 17.8. The van der Waals surface area contributed by atoms with E-state index in [1.165, 1.54) is 0 Å². The van der Waals surface area contributed by atoms with E-state index in [0.29, 0.717) is 29.0 Å². The van der Waals surface area contributed by atoms with Crippen LogP contribution in [0.2, 0.25) is 10.0 Å². The fraction of sp³-hybridized carbons (Fsp3) is 0.304. The van der Waals surface area contributed by atoms with Gasteiger partial charge in [-0.1, -0.05) is 47.5 Å². The van der Waals surface area contributed by atoms with Crippen LogP contribution in [0.3, 0.4) is 0 Å². The van der Waals surface area contributed by atoms with Crippen molar-refractivity contribution >= 4 is 34.5 Å². The van der Waals surface area contributed by atoms with E-state index in [4.69, 9.17) is 23.2 Å². The number of rotatable bonds is 7. The quantitative estimate of drug-likeness (QED) is 0.481. The van der Waals surface area contributed by atoms with Crippen LogP contribution in [0.15, 0.2) is 54.6 Å². The first-order chi connectivity index (χ1) is 15.3. The fourth-order valence-electron chi connectivity index (χ4n) is 4.11. The Bertz CT molecular complexity index is 1040. The zero-order valence-corrected chi connectivity index (χ0v) is 20.1. The van der Waals surface area contributed by atoms with Gasteiger partial charge in [0.1, 0.15) is 5.82 Å². The first-order valence-corrected chi connectivity index (χ1v) is 12.1. The molecule has 0 aliphatic carbocycles. The van der Waals surface area contributed by atoms with Crippen molar-refractivity contribution in [3.8, 4) is 0 Å². The van der Waals surface area contributed by atoms with Gasteiger partial charge in [-0.2, -0.15) is 4.31 Å². The molecule has 1 aromatic heterocycles. The molecular formula is C23H24Cl2N4O2S. The second kappa shape index (κ2) is 9.95. The molecule has 1 aliphatic rings. The van der Waals surface area contributed by atoms with E-state index in [-0.39, 0.29) is 18.6 Å². The first-order valence-electron chi connectivity index (χ1n) is 10.2. The van der Waals surface area contributed by atoms with Gasteiger partial charge < -0.3 is 0 Å². The van der Waals surface area contributed by atoms with Crippen molar-refractivity contribution in [2.75, 3.05) is 13.1 Å². The van der Waals surface area contributed by atoms with Crippen LogP contribution in [-0.2, 0) is 17.8 Å². The molecule has 0 radical (unpaired) electrons. The molecule has 0 amide bonds. The molecule has 3 aromatic rings. The first kappa shape index (κ1) is 23.3. The summed E-state index contributed by atoms with van der Waals surface area (Å²) in [5, 5.41) is 1.36. The highest BCUT2D eigenvalue weighted by Gasteiger charge is 2.39. The number of hydrogen-bond acceptors (Lipinski definition) is 4. The maximum atomic E-state index is 12.1. The molecule has 1 saturated heterocycles. The summed E-state index contributed by atoms with van der Waals surface area (Å²) < 4.78 is 23.6. The van der Waals surface area contributed by atoms with Gasteiger partial charge >= 0.3 is 0 Å². The maximum Gasteiger partial charge on any atom is 0.235 e. The van der Waals surface area contributed by atoms with E-state index >= 15 is 0 Å². The second-order valence-electron chi connectivity index (χ2n) is 7.99. The Kier molecular flexibility index (Phi) is 7.24. The molecule has 0 saturated carbocycles. The number of aryl methyl sites for hydroxylation is 2. The standard InChI is InChI=1S/C23H24Cl2N4O2S/c1-15-11-16(2)27-22(26-15)14-29(32(30)31)21-12-28(13-21)23(17-3-7-19(24)8-4-17)18-5-9-20(25)10-6-18/h3-11,21,23H,12-14H2,1-2H3,(H,30,31). The largest absolute Gasteiger partial charge is 0.294 e. The summed E-state index contributed by atoms with van der Waals surface area (Å²) in [4.78, 5) is 11.1. The molecule has 1 N–H and O–H groups in total.